The summed E-state index contributed by atoms with van der Waals surface area (Å²) in [5.41, 5.74) is -0.604. The van der Waals surface area contributed by atoms with Crippen LogP contribution in [0.4, 0.5) is 19.0 Å². The van der Waals surface area contributed by atoms with E-state index in [0.29, 0.717) is 67.0 Å². The molecule has 4 aliphatic rings. The lowest BCUT2D eigenvalue weighted by molar-refractivity contribution is -0.0880. The number of pyridine rings is 1. The van der Waals surface area contributed by atoms with E-state index in [1.165, 1.54) is 18.2 Å². The Morgan fingerprint density at radius 1 is 1.00 bits per heavy atom. The number of piperidine rings is 1. The van der Waals surface area contributed by atoms with E-state index < -0.39 is 34.7 Å². The van der Waals surface area contributed by atoms with Gasteiger partial charge in [-0.2, -0.15) is 5.26 Å². The van der Waals surface area contributed by atoms with Crippen LogP contribution in [0.1, 0.15) is 106 Å². The van der Waals surface area contributed by atoms with Crippen molar-refractivity contribution < 1.29 is 13.2 Å². The number of anilines is 1. The van der Waals surface area contributed by atoms with E-state index in [0.717, 1.165) is 38.6 Å². The summed E-state index contributed by atoms with van der Waals surface area (Å²) in [6, 6.07) is 7.43. The zero-order valence-corrected chi connectivity index (χ0v) is 25.8. The van der Waals surface area contributed by atoms with Crippen molar-refractivity contribution in [2.24, 2.45) is 5.92 Å². The molecule has 0 amide bonds. The maximum Gasteiger partial charge on any atom is 0.278 e. The number of hydrogen-bond donors (Lipinski definition) is 1. The molecular formula is C34H41F3N6O. The molecule has 10 heteroatoms. The molecule has 1 saturated heterocycles. The first-order valence-corrected chi connectivity index (χ1v) is 16.1. The van der Waals surface area contributed by atoms with Gasteiger partial charge in [0.2, 0.25) is 0 Å². The number of nitrogens with one attached hydrogen (secondary N) is 1. The van der Waals surface area contributed by atoms with Crippen LogP contribution in [-0.2, 0) is 11.3 Å². The number of aryl methyl sites for hydroxylation is 1. The molecule has 234 valence electrons. The lowest BCUT2D eigenvalue weighted by atomic mass is 9.85. The molecule has 1 unspecified atom stereocenters. The van der Waals surface area contributed by atoms with Gasteiger partial charge in [0, 0.05) is 23.1 Å². The number of alkyl halides is 2. The summed E-state index contributed by atoms with van der Waals surface area (Å²) in [4.78, 5) is 25.6. The molecule has 5 heterocycles. The molecule has 0 spiro atoms. The Kier molecular flexibility index (Phi) is 8.20. The average molecular weight is 607 g/mol. The summed E-state index contributed by atoms with van der Waals surface area (Å²) in [7, 11) is 0. The van der Waals surface area contributed by atoms with E-state index in [2.05, 4.69) is 21.3 Å². The van der Waals surface area contributed by atoms with Crippen LogP contribution >= 0.6 is 0 Å². The van der Waals surface area contributed by atoms with Gasteiger partial charge in [-0.1, -0.05) is 37.5 Å². The van der Waals surface area contributed by atoms with Gasteiger partial charge in [-0.05, 0) is 85.0 Å². The van der Waals surface area contributed by atoms with Crippen LogP contribution in [0.25, 0.3) is 11.0 Å². The van der Waals surface area contributed by atoms with Gasteiger partial charge in [0.05, 0.1) is 28.5 Å². The van der Waals surface area contributed by atoms with Crippen LogP contribution in [0.5, 0.6) is 0 Å². The number of aromatic nitrogens is 3. The van der Waals surface area contributed by atoms with Gasteiger partial charge >= 0.3 is 0 Å². The summed E-state index contributed by atoms with van der Waals surface area (Å²) < 4.78 is 49.5. The Labute approximate surface area is 256 Å². The van der Waals surface area contributed by atoms with Crippen molar-refractivity contribution >= 4 is 16.9 Å². The second kappa shape index (κ2) is 11.8. The molecular weight excluding hydrogens is 565 g/mol. The fourth-order valence-corrected chi connectivity index (χ4v) is 7.16. The van der Waals surface area contributed by atoms with E-state index in [9.17, 15) is 10.1 Å². The minimum atomic E-state index is -3.29. The Bertz CT molecular complexity index is 1650. The fourth-order valence-electron chi connectivity index (χ4n) is 7.16. The lowest BCUT2D eigenvalue weighted by Crippen LogP contribution is -2.40. The van der Waals surface area contributed by atoms with Crippen molar-refractivity contribution in [3.8, 4) is 6.07 Å². The summed E-state index contributed by atoms with van der Waals surface area (Å²) in [5, 5.41) is 13.9. The average Bonchev–Trinajstić information content (AvgIpc) is 3.79. The monoisotopic (exact) mass is 606 g/mol. The molecule has 1 saturated carbocycles. The number of hydrogen-bond acceptors (Lipinski definition) is 6. The minimum absolute atomic E-state index is 0.118. The predicted molar refractivity (Wildman–Crippen MR) is 164 cm³/mol. The van der Waals surface area contributed by atoms with Gasteiger partial charge in [0.1, 0.15) is 23.1 Å². The van der Waals surface area contributed by atoms with Gasteiger partial charge in [-0.15, -0.1) is 0 Å². The third-order valence-corrected chi connectivity index (χ3v) is 10.1. The number of benzene rings is 1. The second-order valence-corrected chi connectivity index (χ2v) is 13.1. The largest absolute Gasteiger partial charge is 0.363 e. The molecule has 7 rings (SSSR count). The van der Waals surface area contributed by atoms with Gasteiger partial charge in [0.15, 0.2) is 0 Å². The topological polar surface area (TPSA) is 86.8 Å². The maximum atomic E-state index is 16.0. The Balaban J connectivity index is 1.48. The normalized spacial score (nSPS) is 26.8. The second-order valence-electron chi connectivity index (χ2n) is 13.1. The summed E-state index contributed by atoms with van der Waals surface area (Å²) in [5.74, 6) is -4.31. The Morgan fingerprint density at radius 3 is 2.43 bits per heavy atom. The molecule has 2 atom stereocenters. The molecule has 3 aromatic rings. The van der Waals surface area contributed by atoms with Crippen molar-refractivity contribution in [1.82, 2.24) is 19.4 Å². The zero-order chi connectivity index (χ0) is 31.2. The highest BCUT2D eigenvalue weighted by atomic mass is 19.3. The molecule has 3 aliphatic heterocycles. The van der Waals surface area contributed by atoms with E-state index in [4.69, 9.17) is 4.98 Å². The van der Waals surface area contributed by atoms with Gasteiger partial charge in [-0.25, -0.2) is 23.1 Å². The highest BCUT2D eigenvalue weighted by Crippen LogP contribution is 2.47. The fraction of sp³-hybridized carbons (Fsp3) is 0.588. The van der Waals surface area contributed by atoms with E-state index >= 15 is 13.2 Å². The number of halogens is 3. The summed E-state index contributed by atoms with van der Waals surface area (Å²) >= 11 is 0. The first kappa shape index (κ1) is 30.6. The summed E-state index contributed by atoms with van der Waals surface area (Å²) in [6.07, 6.45) is 6.57. The van der Waals surface area contributed by atoms with Crippen LogP contribution in [0.3, 0.4) is 0 Å². The first-order valence-electron chi connectivity index (χ1n) is 16.1. The summed E-state index contributed by atoms with van der Waals surface area (Å²) in [6.45, 7) is 7.50. The molecule has 1 N–H and O–H groups in total. The van der Waals surface area contributed by atoms with Crippen molar-refractivity contribution in [3.05, 3.63) is 63.0 Å². The van der Waals surface area contributed by atoms with Gasteiger partial charge in [-0.3, -0.25) is 9.36 Å². The molecule has 2 fully saturated rings. The first-order chi connectivity index (χ1) is 21.1. The Hall–Kier alpha value is -3.45. The van der Waals surface area contributed by atoms with Crippen LogP contribution in [0, 0.1) is 30.0 Å². The zero-order valence-electron chi connectivity index (χ0n) is 25.8. The van der Waals surface area contributed by atoms with E-state index in [-0.39, 0.29) is 17.2 Å². The van der Waals surface area contributed by atoms with Crippen LogP contribution in [0.15, 0.2) is 29.1 Å². The number of nitriles is 1. The number of nitrogens with zero attached hydrogens (tertiary/aromatic N) is 5. The smallest absolute Gasteiger partial charge is 0.278 e. The van der Waals surface area contributed by atoms with Crippen molar-refractivity contribution in [1.29, 1.82) is 5.26 Å². The van der Waals surface area contributed by atoms with Crippen molar-refractivity contribution in [3.63, 3.8) is 0 Å². The predicted octanol–water partition coefficient (Wildman–Crippen LogP) is 7.30. The van der Waals surface area contributed by atoms with E-state index in [1.54, 1.807) is 24.5 Å². The van der Waals surface area contributed by atoms with Crippen LogP contribution < -0.4 is 10.9 Å². The minimum Gasteiger partial charge on any atom is -0.363 e. The van der Waals surface area contributed by atoms with Crippen LogP contribution in [0.2, 0.25) is 0 Å². The van der Waals surface area contributed by atoms with Gasteiger partial charge in [0.25, 0.3) is 11.5 Å². The highest BCUT2D eigenvalue weighted by molar-refractivity contribution is 5.88. The van der Waals surface area contributed by atoms with E-state index in [1.807, 2.05) is 6.92 Å². The quantitative estimate of drug-likeness (QED) is 0.313. The van der Waals surface area contributed by atoms with Crippen molar-refractivity contribution in [2.45, 2.75) is 102 Å². The molecule has 8 bridgehead atoms. The third-order valence-electron chi connectivity index (χ3n) is 10.1. The number of fused-ring (bicyclic) bond motifs is 9. The van der Waals surface area contributed by atoms with Crippen LogP contribution in [-0.4, -0.2) is 39.1 Å². The standard InChI is InChI=1S/C34H41F3N6O/c1-21-9-6-4-5-7-16-42-17-12-24(13-18-42)34(36,37)27-11-8-10-25(29(27)35)22(2)39-30-26-19-28(33(20-38)14-15-33)32(44)43(21)31(26)41-23(3)40-30/h8,10-11,19,21-22,24H,4-7,9,12-18H2,1-3H3,(H,39,40,41)/t21?,22-/m1/s1. The SMILES string of the molecule is Cc1nc2c3cc(C4(C#N)CC4)c(=O)n(c3n1)C(C)CCCCCCN1CCC(CC1)C(F)(F)c1cccc(c1F)[C@@H](C)N2. The molecule has 1 aromatic carbocycles. The third kappa shape index (κ3) is 5.48. The Morgan fingerprint density at radius 2 is 1.73 bits per heavy atom. The molecule has 7 nitrogen and oxygen atoms in total. The lowest BCUT2D eigenvalue weighted by Gasteiger charge is -2.36. The molecule has 1 aliphatic carbocycles. The molecule has 44 heavy (non-hydrogen) atoms. The maximum absolute atomic E-state index is 16.0. The van der Waals surface area contributed by atoms with Gasteiger partial charge < -0.3 is 10.2 Å². The molecule has 2 aromatic heterocycles. The number of rotatable bonds is 1. The van der Waals surface area contributed by atoms with Crippen molar-refractivity contribution in [2.75, 3.05) is 25.0 Å². The molecule has 0 radical (unpaired) electrons. The highest BCUT2D eigenvalue weighted by Gasteiger charge is 2.48.